The van der Waals surface area contributed by atoms with Crippen molar-refractivity contribution < 1.29 is 4.79 Å². The number of imidazole rings is 1. The number of H-pyrrole nitrogens is 1. The van der Waals surface area contributed by atoms with Crippen LogP contribution in [0.3, 0.4) is 0 Å². The molecule has 0 radical (unpaired) electrons. The SMILES string of the molecule is NCCNC(=O)Cc1ccc2nc[nH]c2c1. The van der Waals surface area contributed by atoms with Gasteiger partial charge < -0.3 is 16.0 Å². The molecule has 0 unspecified atom stereocenters. The van der Waals surface area contributed by atoms with Crippen molar-refractivity contribution in [2.75, 3.05) is 13.1 Å². The first kappa shape index (κ1) is 10.6. The van der Waals surface area contributed by atoms with Crippen LogP contribution in [-0.4, -0.2) is 29.0 Å². The van der Waals surface area contributed by atoms with E-state index in [1.807, 2.05) is 18.2 Å². The molecular weight excluding hydrogens is 204 g/mol. The lowest BCUT2D eigenvalue weighted by Gasteiger charge is -2.03. The number of nitrogens with one attached hydrogen (secondary N) is 2. The van der Waals surface area contributed by atoms with Crippen LogP contribution in [0.2, 0.25) is 0 Å². The van der Waals surface area contributed by atoms with Gasteiger partial charge in [-0.1, -0.05) is 6.07 Å². The van der Waals surface area contributed by atoms with Gasteiger partial charge in [0.2, 0.25) is 5.91 Å². The summed E-state index contributed by atoms with van der Waals surface area (Å²) in [5.74, 6) is -0.00989. The minimum absolute atomic E-state index is 0.00989. The third-order valence-corrected chi connectivity index (χ3v) is 2.32. The van der Waals surface area contributed by atoms with Crippen LogP contribution in [0.1, 0.15) is 5.56 Å². The fourth-order valence-corrected chi connectivity index (χ4v) is 1.55. The molecule has 4 N–H and O–H groups in total. The van der Waals surface area contributed by atoms with Gasteiger partial charge in [-0.25, -0.2) is 4.98 Å². The van der Waals surface area contributed by atoms with E-state index in [1.165, 1.54) is 0 Å². The molecule has 2 aromatic rings. The molecule has 2 rings (SSSR count). The number of fused-ring (bicyclic) bond motifs is 1. The van der Waals surface area contributed by atoms with Crippen LogP contribution >= 0.6 is 0 Å². The van der Waals surface area contributed by atoms with Crippen LogP contribution in [0, 0.1) is 0 Å². The van der Waals surface area contributed by atoms with Crippen LogP contribution in [0.25, 0.3) is 11.0 Å². The summed E-state index contributed by atoms with van der Waals surface area (Å²) in [6.45, 7) is 0.983. The first-order chi connectivity index (χ1) is 7.79. The van der Waals surface area contributed by atoms with Gasteiger partial charge >= 0.3 is 0 Å². The van der Waals surface area contributed by atoms with Gasteiger partial charge in [-0.05, 0) is 17.7 Å². The molecule has 0 saturated carbocycles. The van der Waals surface area contributed by atoms with Gasteiger partial charge in [0, 0.05) is 13.1 Å². The minimum Gasteiger partial charge on any atom is -0.355 e. The molecule has 0 atom stereocenters. The van der Waals surface area contributed by atoms with Gasteiger partial charge in [0.05, 0.1) is 23.8 Å². The number of aromatic nitrogens is 2. The molecule has 5 heteroatoms. The van der Waals surface area contributed by atoms with Crippen LogP contribution in [0.4, 0.5) is 0 Å². The number of amides is 1. The van der Waals surface area contributed by atoms with E-state index in [4.69, 9.17) is 5.73 Å². The molecule has 1 aromatic heterocycles. The number of benzene rings is 1. The summed E-state index contributed by atoms with van der Waals surface area (Å²) in [6.07, 6.45) is 2.01. The molecule has 0 aliphatic rings. The lowest BCUT2D eigenvalue weighted by Crippen LogP contribution is -2.30. The summed E-state index contributed by atoms with van der Waals surface area (Å²) in [5.41, 5.74) is 8.12. The molecule has 16 heavy (non-hydrogen) atoms. The molecule has 1 heterocycles. The van der Waals surface area contributed by atoms with Crippen molar-refractivity contribution >= 4 is 16.9 Å². The van der Waals surface area contributed by atoms with Crippen molar-refractivity contribution in [3.05, 3.63) is 30.1 Å². The van der Waals surface area contributed by atoms with E-state index in [2.05, 4.69) is 15.3 Å². The lowest BCUT2D eigenvalue weighted by molar-refractivity contribution is -0.120. The maximum Gasteiger partial charge on any atom is 0.224 e. The second-order valence-electron chi connectivity index (χ2n) is 3.57. The van der Waals surface area contributed by atoms with Gasteiger partial charge in [-0.3, -0.25) is 4.79 Å². The zero-order valence-corrected chi connectivity index (χ0v) is 8.86. The van der Waals surface area contributed by atoms with E-state index in [9.17, 15) is 4.79 Å². The molecule has 0 spiro atoms. The molecule has 0 aliphatic heterocycles. The van der Waals surface area contributed by atoms with E-state index in [-0.39, 0.29) is 5.91 Å². The zero-order valence-electron chi connectivity index (χ0n) is 8.86. The summed E-state index contributed by atoms with van der Waals surface area (Å²) in [4.78, 5) is 18.6. The molecule has 1 aromatic carbocycles. The fourth-order valence-electron chi connectivity index (χ4n) is 1.55. The van der Waals surface area contributed by atoms with E-state index >= 15 is 0 Å². The molecule has 1 amide bonds. The quantitative estimate of drug-likeness (QED) is 0.684. The Morgan fingerprint density at radius 1 is 1.50 bits per heavy atom. The number of hydrogen-bond acceptors (Lipinski definition) is 3. The second-order valence-corrected chi connectivity index (χ2v) is 3.57. The van der Waals surface area contributed by atoms with Crippen molar-refractivity contribution in [2.24, 2.45) is 5.73 Å². The number of rotatable bonds is 4. The normalized spacial score (nSPS) is 10.6. The van der Waals surface area contributed by atoms with Crippen molar-refractivity contribution in [1.82, 2.24) is 15.3 Å². The summed E-state index contributed by atoms with van der Waals surface area (Å²) < 4.78 is 0. The maximum atomic E-state index is 11.5. The van der Waals surface area contributed by atoms with Gasteiger partial charge in [0.1, 0.15) is 0 Å². The topological polar surface area (TPSA) is 83.8 Å². The molecule has 84 valence electrons. The van der Waals surface area contributed by atoms with Crippen LogP contribution in [-0.2, 0) is 11.2 Å². The van der Waals surface area contributed by atoms with Crippen LogP contribution < -0.4 is 11.1 Å². The zero-order chi connectivity index (χ0) is 11.4. The van der Waals surface area contributed by atoms with Crippen LogP contribution in [0.5, 0.6) is 0 Å². The Bertz CT molecular complexity index is 491. The minimum atomic E-state index is -0.00989. The smallest absolute Gasteiger partial charge is 0.224 e. The maximum absolute atomic E-state index is 11.5. The van der Waals surface area contributed by atoms with Gasteiger partial charge in [0.25, 0.3) is 0 Å². The number of carbonyl (C=O) groups is 1. The summed E-state index contributed by atoms with van der Waals surface area (Å²) in [5, 5.41) is 2.73. The summed E-state index contributed by atoms with van der Waals surface area (Å²) in [6, 6.07) is 5.74. The second kappa shape index (κ2) is 4.76. The Morgan fingerprint density at radius 2 is 2.38 bits per heavy atom. The molecule has 5 nitrogen and oxygen atoms in total. The Kier molecular flexibility index (Phi) is 3.16. The molecule has 0 saturated heterocycles. The van der Waals surface area contributed by atoms with E-state index < -0.39 is 0 Å². The first-order valence-corrected chi connectivity index (χ1v) is 5.18. The number of nitrogens with zero attached hydrogens (tertiary/aromatic N) is 1. The predicted octanol–water partition coefficient (Wildman–Crippen LogP) is 0.180. The van der Waals surface area contributed by atoms with Crippen molar-refractivity contribution in [1.29, 1.82) is 0 Å². The Hall–Kier alpha value is -1.88. The highest BCUT2D eigenvalue weighted by molar-refractivity contribution is 5.81. The van der Waals surface area contributed by atoms with E-state index in [0.717, 1.165) is 16.6 Å². The average Bonchev–Trinajstić information content (AvgIpc) is 2.73. The third-order valence-electron chi connectivity index (χ3n) is 2.32. The van der Waals surface area contributed by atoms with Gasteiger partial charge in [-0.2, -0.15) is 0 Å². The molecular formula is C11H14N4O. The number of aromatic amines is 1. The highest BCUT2D eigenvalue weighted by Crippen LogP contribution is 2.11. The largest absolute Gasteiger partial charge is 0.355 e. The van der Waals surface area contributed by atoms with Gasteiger partial charge in [-0.15, -0.1) is 0 Å². The Morgan fingerprint density at radius 3 is 3.19 bits per heavy atom. The Labute approximate surface area is 93.1 Å². The third kappa shape index (κ3) is 2.38. The van der Waals surface area contributed by atoms with Crippen molar-refractivity contribution in [3.8, 4) is 0 Å². The number of carbonyl (C=O) groups excluding carboxylic acids is 1. The van der Waals surface area contributed by atoms with Crippen molar-refractivity contribution in [3.63, 3.8) is 0 Å². The molecule has 0 fully saturated rings. The molecule has 0 aliphatic carbocycles. The van der Waals surface area contributed by atoms with Gasteiger partial charge in [0.15, 0.2) is 0 Å². The standard InChI is InChI=1S/C11H14N4O/c12-3-4-13-11(16)6-8-1-2-9-10(5-8)15-7-14-9/h1-2,5,7H,3-4,6,12H2,(H,13,16)(H,14,15). The predicted molar refractivity (Wildman–Crippen MR) is 61.9 cm³/mol. The first-order valence-electron chi connectivity index (χ1n) is 5.18. The monoisotopic (exact) mass is 218 g/mol. The fraction of sp³-hybridized carbons (Fsp3) is 0.273. The van der Waals surface area contributed by atoms with E-state index in [0.29, 0.717) is 19.5 Å². The van der Waals surface area contributed by atoms with Crippen LogP contribution in [0.15, 0.2) is 24.5 Å². The Balaban J connectivity index is 2.06. The summed E-state index contributed by atoms with van der Waals surface area (Å²) >= 11 is 0. The highest BCUT2D eigenvalue weighted by Gasteiger charge is 2.04. The average molecular weight is 218 g/mol. The number of hydrogen-bond donors (Lipinski definition) is 3. The lowest BCUT2D eigenvalue weighted by atomic mass is 10.1. The van der Waals surface area contributed by atoms with E-state index in [1.54, 1.807) is 6.33 Å². The number of nitrogens with two attached hydrogens (primary N) is 1. The highest BCUT2D eigenvalue weighted by atomic mass is 16.1. The molecule has 0 bridgehead atoms. The van der Waals surface area contributed by atoms with Crippen molar-refractivity contribution in [2.45, 2.75) is 6.42 Å². The summed E-state index contributed by atoms with van der Waals surface area (Å²) in [7, 11) is 0.